The monoisotopic (exact) mass is 198 g/mol. The third kappa shape index (κ3) is 1.93. The van der Waals surface area contributed by atoms with Crippen molar-refractivity contribution in [1.82, 2.24) is 0 Å². The van der Waals surface area contributed by atoms with Crippen LogP contribution in [0.3, 0.4) is 0 Å². The number of benzene rings is 1. The summed E-state index contributed by atoms with van der Waals surface area (Å²) < 4.78 is 0. The lowest BCUT2D eigenvalue weighted by Crippen LogP contribution is -1.88. The Labute approximate surface area is 82.3 Å². The molecule has 0 spiro atoms. The first-order valence-electron chi connectivity index (χ1n) is 3.81. The predicted octanol–water partition coefficient (Wildman–Crippen LogP) is 3.11. The standard InChI is InChI=1S/C10H14S2/c1-8-5-4-6-10(12(2)3)9(8)7-11/h4-6,11H,2,7H2,1,3H3. The maximum absolute atomic E-state index is 4.32. The van der Waals surface area contributed by atoms with Crippen LogP contribution in [0.25, 0.3) is 0 Å². The Morgan fingerprint density at radius 2 is 2.17 bits per heavy atom. The molecule has 0 amide bonds. The predicted molar refractivity (Wildman–Crippen MR) is 62.8 cm³/mol. The average Bonchev–Trinajstić information content (AvgIpc) is 2.03. The highest BCUT2D eigenvalue weighted by atomic mass is 32.2. The first-order chi connectivity index (χ1) is 5.66. The number of hydrogen-bond acceptors (Lipinski definition) is 1. The highest BCUT2D eigenvalue weighted by Gasteiger charge is 2.02. The molecule has 0 saturated carbocycles. The Morgan fingerprint density at radius 3 is 2.58 bits per heavy atom. The topological polar surface area (TPSA) is 0 Å². The van der Waals surface area contributed by atoms with Crippen molar-refractivity contribution < 1.29 is 0 Å². The van der Waals surface area contributed by atoms with Gasteiger partial charge in [0.15, 0.2) is 0 Å². The Bertz CT molecular complexity index is 303. The molecule has 66 valence electrons. The molecular formula is C10H14S2. The summed E-state index contributed by atoms with van der Waals surface area (Å²) in [5.41, 5.74) is 2.67. The van der Waals surface area contributed by atoms with Gasteiger partial charge in [0, 0.05) is 10.6 Å². The normalized spacial score (nSPS) is 12.9. The molecule has 0 saturated heterocycles. The SMILES string of the molecule is C=S(C)c1cccc(C)c1CS. The lowest BCUT2D eigenvalue weighted by Gasteiger charge is -2.10. The van der Waals surface area contributed by atoms with E-state index in [2.05, 4.69) is 49.9 Å². The van der Waals surface area contributed by atoms with Crippen LogP contribution in [0.2, 0.25) is 0 Å². The first kappa shape index (κ1) is 9.87. The van der Waals surface area contributed by atoms with E-state index in [1.807, 2.05) is 0 Å². The minimum Gasteiger partial charge on any atom is -0.174 e. The van der Waals surface area contributed by atoms with Gasteiger partial charge in [0.25, 0.3) is 0 Å². The van der Waals surface area contributed by atoms with Crippen molar-refractivity contribution in [3.8, 4) is 0 Å². The summed E-state index contributed by atoms with van der Waals surface area (Å²) >= 11 is 4.32. The zero-order chi connectivity index (χ0) is 9.14. The van der Waals surface area contributed by atoms with Crippen LogP contribution in [0.15, 0.2) is 23.1 Å². The van der Waals surface area contributed by atoms with Crippen LogP contribution < -0.4 is 0 Å². The summed E-state index contributed by atoms with van der Waals surface area (Å²) in [7, 11) is 0.100. The summed E-state index contributed by atoms with van der Waals surface area (Å²) in [6.07, 6.45) is 2.14. The first-order valence-corrected chi connectivity index (χ1v) is 6.25. The summed E-state index contributed by atoms with van der Waals surface area (Å²) in [5, 5.41) is 0. The quantitative estimate of drug-likeness (QED) is 0.548. The fourth-order valence-electron chi connectivity index (χ4n) is 1.20. The van der Waals surface area contributed by atoms with Gasteiger partial charge in [-0.1, -0.05) is 18.0 Å². The summed E-state index contributed by atoms with van der Waals surface area (Å²) in [6.45, 7) is 2.13. The van der Waals surface area contributed by atoms with Gasteiger partial charge in [-0.25, -0.2) is 0 Å². The van der Waals surface area contributed by atoms with E-state index in [0.29, 0.717) is 0 Å². The molecule has 1 aromatic rings. The van der Waals surface area contributed by atoms with Crippen LogP contribution in [-0.4, -0.2) is 12.1 Å². The average molecular weight is 198 g/mol. The third-order valence-corrected chi connectivity index (χ3v) is 3.35. The molecule has 0 aliphatic carbocycles. The zero-order valence-corrected chi connectivity index (χ0v) is 9.21. The highest BCUT2D eigenvalue weighted by molar-refractivity contribution is 8.13. The largest absolute Gasteiger partial charge is 0.174 e. The molecule has 2 heteroatoms. The van der Waals surface area contributed by atoms with Crippen molar-refractivity contribution in [3.05, 3.63) is 29.3 Å². The van der Waals surface area contributed by atoms with E-state index in [1.54, 1.807) is 0 Å². The van der Waals surface area contributed by atoms with Crippen LogP contribution in [-0.2, 0) is 5.75 Å². The second-order valence-electron chi connectivity index (χ2n) is 2.85. The molecule has 0 heterocycles. The fourth-order valence-corrected chi connectivity index (χ4v) is 2.70. The van der Waals surface area contributed by atoms with E-state index in [-0.39, 0.29) is 10.5 Å². The zero-order valence-electron chi connectivity index (χ0n) is 7.50. The van der Waals surface area contributed by atoms with Gasteiger partial charge in [-0.15, -0.1) is 0 Å². The Hall–Kier alpha value is -0.210. The third-order valence-electron chi connectivity index (χ3n) is 1.90. The van der Waals surface area contributed by atoms with Crippen molar-refractivity contribution in [1.29, 1.82) is 0 Å². The van der Waals surface area contributed by atoms with Crippen molar-refractivity contribution in [2.45, 2.75) is 17.6 Å². The molecule has 0 aromatic heterocycles. The molecule has 0 nitrogen and oxygen atoms in total. The number of rotatable bonds is 2. The van der Waals surface area contributed by atoms with E-state index < -0.39 is 0 Å². The second-order valence-corrected chi connectivity index (χ2v) is 4.88. The maximum Gasteiger partial charge on any atom is 0.0167 e. The molecule has 0 bridgehead atoms. The van der Waals surface area contributed by atoms with Gasteiger partial charge in [0.1, 0.15) is 0 Å². The van der Waals surface area contributed by atoms with E-state index >= 15 is 0 Å². The highest BCUT2D eigenvalue weighted by Crippen LogP contribution is 2.28. The minimum absolute atomic E-state index is 0.100. The van der Waals surface area contributed by atoms with Gasteiger partial charge in [-0.2, -0.15) is 23.1 Å². The number of aryl methyl sites for hydroxylation is 1. The molecule has 0 N–H and O–H groups in total. The molecule has 12 heavy (non-hydrogen) atoms. The van der Waals surface area contributed by atoms with Crippen molar-refractivity contribution in [3.63, 3.8) is 0 Å². The lowest BCUT2D eigenvalue weighted by atomic mass is 10.1. The van der Waals surface area contributed by atoms with Crippen LogP contribution in [0.4, 0.5) is 0 Å². The molecule has 0 fully saturated rings. The van der Waals surface area contributed by atoms with Crippen molar-refractivity contribution in [2.24, 2.45) is 0 Å². The van der Waals surface area contributed by atoms with Gasteiger partial charge < -0.3 is 0 Å². The van der Waals surface area contributed by atoms with Crippen molar-refractivity contribution in [2.75, 3.05) is 6.26 Å². The molecule has 0 radical (unpaired) electrons. The molecule has 0 aliphatic rings. The van der Waals surface area contributed by atoms with E-state index in [4.69, 9.17) is 0 Å². The van der Waals surface area contributed by atoms with Crippen LogP contribution >= 0.6 is 23.1 Å². The number of thiol groups is 1. The minimum atomic E-state index is 0.100. The van der Waals surface area contributed by atoms with Crippen LogP contribution in [0.1, 0.15) is 11.1 Å². The second kappa shape index (κ2) is 4.15. The van der Waals surface area contributed by atoms with Crippen LogP contribution in [0, 0.1) is 6.92 Å². The lowest BCUT2D eigenvalue weighted by molar-refractivity contribution is 1.21. The van der Waals surface area contributed by atoms with Crippen LogP contribution in [0.5, 0.6) is 0 Å². The van der Waals surface area contributed by atoms with Crippen molar-refractivity contribution >= 4 is 29.0 Å². The molecular weight excluding hydrogens is 184 g/mol. The number of hydrogen-bond donors (Lipinski definition) is 1. The van der Waals surface area contributed by atoms with Gasteiger partial charge in [0.2, 0.25) is 0 Å². The molecule has 1 unspecified atom stereocenters. The Kier molecular flexibility index (Phi) is 3.41. The smallest absolute Gasteiger partial charge is 0.0167 e. The van der Waals surface area contributed by atoms with Gasteiger partial charge in [-0.05, 0) is 30.4 Å². The summed E-state index contributed by atoms with van der Waals surface area (Å²) in [5.74, 6) is 4.87. The summed E-state index contributed by atoms with van der Waals surface area (Å²) in [4.78, 5) is 1.35. The molecule has 0 aliphatic heterocycles. The van der Waals surface area contributed by atoms with Gasteiger partial charge in [0.05, 0.1) is 0 Å². The Balaban J connectivity index is 3.27. The van der Waals surface area contributed by atoms with Gasteiger partial charge >= 0.3 is 0 Å². The van der Waals surface area contributed by atoms with E-state index in [0.717, 1.165) is 5.75 Å². The van der Waals surface area contributed by atoms with Gasteiger partial charge in [-0.3, -0.25) is 0 Å². The van der Waals surface area contributed by atoms with E-state index in [1.165, 1.54) is 16.0 Å². The van der Waals surface area contributed by atoms with E-state index in [9.17, 15) is 0 Å². The molecule has 1 atom stereocenters. The molecule has 1 aromatic carbocycles. The maximum atomic E-state index is 4.32. The fraction of sp³-hybridized carbons (Fsp3) is 0.300. The Morgan fingerprint density at radius 1 is 1.50 bits per heavy atom. The molecule has 1 rings (SSSR count). The summed E-state index contributed by atoms with van der Waals surface area (Å²) in [6, 6.07) is 6.36.